The second-order valence-electron chi connectivity index (χ2n) is 15.3. The molecule has 5 aliphatic rings. The van der Waals surface area contributed by atoms with Gasteiger partial charge in [-0.3, -0.25) is 0 Å². The quantitative estimate of drug-likeness (QED) is 0.391. The van der Waals surface area contributed by atoms with Gasteiger partial charge in [-0.05, 0) is 103 Å². The maximum atomic E-state index is 11.9. The highest BCUT2D eigenvalue weighted by atomic mass is 16.3. The highest BCUT2D eigenvalue weighted by molar-refractivity contribution is 5.35. The van der Waals surface area contributed by atoms with Crippen LogP contribution in [0, 0.1) is 50.2 Å². The molecule has 0 aliphatic heterocycles. The molecule has 4 saturated carbocycles. The van der Waals surface area contributed by atoms with E-state index in [9.17, 15) is 10.2 Å². The second-order valence-corrected chi connectivity index (χ2v) is 15.3. The van der Waals surface area contributed by atoms with E-state index in [0.717, 1.165) is 19.3 Å². The normalized spacial score (nSPS) is 56.2. The summed E-state index contributed by atoms with van der Waals surface area (Å²) < 4.78 is 0. The lowest BCUT2D eigenvalue weighted by molar-refractivity contribution is -0.223. The zero-order valence-corrected chi connectivity index (χ0v) is 22.2. The molecule has 4 fully saturated rings. The molecular formula is C30H50O2. The van der Waals surface area contributed by atoms with Gasteiger partial charge in [0.15, 0.2) is 0 Å². The molecule has 9 atom stereocenters. The minimum absolute atomic E-state index is 0.0175. The fourth-order valence-electron chi connectivity index (χ4n) is 10.6. The molecule has 0 heterocycles. The highest BCUT2D eigenvalue weighted by Gasteiger charge is 2.69. The molecule has 0 saturated heterocycles. The summed E-state index contributed by atoms with van der Waals surface area (Å²) in [6, 6.07) is 0. The van der Waals surface area contributed by atoms with Gasteiger partial charge in [0.25, 0.3) is 0 Å². The molecule has 2 N–H and O–H groups in total. The summed E-state index contributed by atoms with van der Waals surface area (Å²) in [6.07, 6.45) is 12.6. The van der Waals surface area contributed by atoms with Crippen molar-refractivity contribution in [2.75, 3.05) is 0 Å². The average molecular weight is 443 g/mol. The maximum absolute atomic E-state index is 11.9. The van der Waals surface area contributed by atoms with Crippen molar-refractivity contribution in [3.63, 3.8) is 0 Å². The Hall–Kier alpha value is -0.340. The molecule has 0 amide bonds. The Kier molecular flexibility index (Phi) is 4.87. The van der Waals surface area contributed by atoms with Crippen LogP contribution in [0.1, 0.15) is 113 Å². The number of rotatable bonds is 0. The monoisotopic (exact) mass is 442 g/mol. The third-order valence-corrected chi connectivity index (χ3v) is 13.1. The lowest BCUT2D eigenvalue weighted by atomic mass is 9.33. The van der Waals surface area contributed by atoms with Crippen molar-refractivity contribution in [3.05, 3.63) is 11.6 Å². The van der Waals surface area contributed by atoms with Gasteiger partial charge >= 0.3 is 0 Å². The van der Waals surface area contributed by atoms with E-state index in [-0.39, 0.29) is 39.3 Å². The summed E-state index contributed by atoms with van der Waals surface area (Å²) in [6.45, 7) is 19.6. The highest BCUT2D eigenvalue weighted by Crippen LogP contribution is 2.75. The molecule has 0 spiro atoms. The number of aliphatic hydroxyl groups is 2. The summed E-state index contributed by atoms with van der Waals surface area (Å²) in [4.78, 5) is 0. The van der Waals surface area contributed by atoms with E-state index in [1.54, 1.807) is 5.57 Å². The van der Waals surface area contributed by atoms with Crippen LogP contribution in [0.15, 0.2) is 11.6 Å². The number of hydrogen-bond acceptors (Lipinski definition) is 2. The summed E-state index contributed by atoms with van der Waals surface area (Å²) in [5, 5.41) is 22.8. The summed E-state index contributed by atoms with van der Waals surface area (Å²) in [5.41, 5.74) is 2.51. The zero-order valence-electron chi connectivity index (χ0n) is 22.2. The number of aliphatic hydroxyl groups excluding tert-OH is 2. The fourth-order valence-corrected chi connectivity index (χ4v) is 10.6. The molecule has 5 rings (SSSR count). The van der Waals surface area contributed by atoms with Crippen molar-refractivity contribution in [1.29, 1.82) is 0 Å². The SMILES string of the molecule is CC1(C)CC[C@]2(C)C[C@@H](O)[C@]3(C)C(=CC[C@@H]4[C@@]5(C)CC[C@@H](O)C(C)(C)C5CC[C@]43C)[C@H]2C1. The van der Waals surface area contributed by atoms with Gasteiger partial charge in [-0.1, -0.05) is 67.0 Å². The van der Waals surface area contributed by atoms with Crippen molar-refractivity contribution in [2.24, 2.45) is 50.2 Å². The Balaban J connectivity index is 1.61. The van der Waals surface area contributed by atoms with Crippen molar-refractivity contribution >= 4 is 0 Å². The molecule has 0 aromatic rings. The van der Waals surface area contributed by atoms with Gasteiger partial charge in [-0.25, -0.2) is 0 Å². The first kappa shape index (κ1) is 23.4. The van der Waals surface area contributed by atoms with Crippen LogP contribution in [-0.4, -0.2) is 22.4 Å². The largest absolute Gasteiger partial charge is 0.393 e. The molecule has 182 valence electrons. The Morgan fingerprint density at radius 1 is 0.750 bits per heavy atom. The minimum Gasteiger partial charge on any atom is -0.393 e. The lowest BCUT2D eigenvalue weighted by Gasteiger charge is -2.72. The average Bonchev–Trinajstić information content (AvgIpc) is 2.68. The Labute approximate surface area is 197 Å². The summed E-state index contributed by atoms with van der Waals surface area (Å²) >= 11 is 0. The molecule has 0 radical (unpaired) electrons. The van der Waals surface area contributed by atoms with Crippen LogP contribution in [0.25, 0.3) is 0 Å². The topological polar surface area (TPSA) is 40.5 Å². The standard InChI is InChI=1S/C30H50O2/c1-25(2)15-16-27(5)18-24(32)30(8)19(20(27)17-25)9-10-22-28(6)13-12-23(31)26(3,4)21(28)11-14-29(22,30)7/h9,20-24,31-32H,10-18H2,1-8H3/t20-,21?,22-,23-,24-,27-,28+,29-,30+/m1/s1. The molecule has 2 heteroatoms. The molecule has 0 aromatic heterocycles. The lowest BCUT2D eigenvalue weighted by Crippen LogP contribution is -2.67. The third-order valence-electron chi connectivity index (χ3n) is 13.1. The van der Waals surface area contributed by atoms with E-state index in [2.05, 4.69) is 61.5 Å². The fraction of sp³-hybridized carbons (Fsp3) is 0.933. The first-order valence-electron chi connectivity index (χ1n) is 13.7. The Morgan fingerprint density at radius 2 is 1.44 bits per heavy atom. The molecule has 32 heavy (non-hydrogen) atoms. The van der Waals surface area contributed by atoms with Crippen LogP contribution in [0.4, 0.5) is 0 Å². The van der Waals surface area contributed by atoms with Crippen molar-refractivity contribution in [2.45, 2.75) is 125 Å². The maximum Gasteiger partial charge on any atom is 0.0641 e. The van der Waals surface area contributed by atoms with E-state index in [0.29, 0.717) is 23.2 Å². The van der Waals surface area contributed by atoms with Crippen LogP contribution in [0.3, 0.4) is 0 Å². The molecule has 0 aromatic carbocycles. The Morgan fingerprint density at radius 3 is 2.12 bits per heavy atom. The van der Waals surface area contributed by atoms with Gasteiger partial charge in [0.1, 0.15) is 0 Å². The molecule has 2 nitrogen and oxygen atoms in total. The minimum atomic E-state index is -0.244. The van der Waals surface area contributed by atoms with Crippen LogP contribution in [0.2, 0.25) is 0 Å². The molecule has 1 unspecified atom stereocenters. The van der Waals surface area contributed by atoms with Crippen LogP contribution in [-0.2, 0) is 0 Å². The van der Waals surface area contributed by atoms with Gasteiger partial charge in [-0.2, -0.15) is 0 Å². The first-order chi connectivity index (χ1) is 14.6. The zero-order chi connectivity index (χ0) is 23.5. The smallest absolute Gasteiger partial charge is 0.0641 e. The van der Waals surface area contributed by atoms with Crippen LogP contribution >= 0.6 is 0 Å². The van der Waals surface area contributed by atoms with Crippen LogP contribution < -0.4 is 0 Å². The summed E-state index contributed by atoms with van der Waals surface area (Å²) in [5.74, 6) is 1.77. The van der Waals surface area contributed by atoms with Gasteiger partial charge in [0, 0.05) is 5.41 Å². The van der Waals surface area contributed by atoms with Gasteiger partial charge in [0.2, 0.25) is 0 Å². The van der Waals surface area contributed by atoms with E-state index >= 15 is 0 Å². The van der Waals surface area contributed by atoms with Crippen molar-refractivity contribution in [3.8, 4) is 0 Å². The van der Waals surface area contributed by atoms with E-state index in [4.69, 9.17) is 0 Å². The van der Waals surface area contributed by atoms with Crippen LogP contribution in [0.5, 0.6) is 0 Å². The predicted octanol–water partition coefficient (Wildman–Crippen LogP) is 7.14. The second kappa shape index (κ2) is 6.66. The number of allylic oxidation sites excluding steroid dienone is 1. The van der Waals surface area contributed by atoms with E-state index in [1.807, 2.05) is 0 Å². The van der Waals surface area contributed by atoms with E-state index in [1.165, 1.54) is 38.5 Å². The van der Waals surface area contributed by atoms with Gasteiger partial charge in [0.05, 0.1) is 12.2 Å². The van der Waals surface area contributed by atoms with Crippen molar-refractivity contribution in [1.82, 2.24) is 0 Å². The molecule has 0 bridgehead atoms. The van der Waals surface area contributed by atoms with E-state index < -0.39 is 0 Å². The first-order valence-corrected chi connectivity index (χ1v) is 13.7. The molecule has 5 aliphatic carbocycles. The van der Waals surface area contributed by atoms with Crippen molar-refractivity contribution < 1.29 is 10.2 Å². The van der Waals surface area contributed by atoms with Gasteiger partial charge < -0.3 is 10.2 Å². The van der Waals surface area contributed by atoms with Gasteiger partial charge in [-0.15, -0.1) is 0 Å². The predicted molar refractivity (Wildman–Crippen MR) is 132 cm³/mol. The third kappa shape index (κ3) is 2.72. The number of fused-ring (bicyclic) bond motifs is 7. The summed E-state index contributed by atoms with van der Waals surface area (Å²) in [7, 11) is 0. The number of hydrogen-bond donors (Lipinski definition) is 2. The molecular weight excluding hydrogens is 392 g/mol. The Bertz CT molecular complexity index is 825.